The van der Waals surface area contributed by atoms with Crippen molar-refractivity contribution in [2.75, 3.05) is 26.4 Å². The first kappa shape index (κ1) is 76.0. The molecule has 0 radical (unpaired) electrons. The van der Waals surface area contributed by atoms with Crippen LogP contribution in [0.5, 0.6) is 0 Å². The Balaban J connectivity index is 3.93. The maximum atomic E-state index is 12.8. The molecule has 0 aliphatic rings. The molecule has 1 unspecified atom stereocenters. The van der Waals surface area contributed by atoms with Gasteiger partial charge in [0.25, 0.3) is 0 Å². The third kappa shape index (κ3) is 62.4. The van der Waals surface area contributed by atoms with Gasteiger partial charge in [-0.25, -0.2) is 4.57 Å². The van der Waals surface area contributed by atoms with E-state index in [9.17, 15) is 24.2 Å². The fraction of sp³-hybridized carbons (Fsp3) is 0.970. The molecule has 460 valence electrons. The molecule has 0 aromatic heterocycles. The monoisotopic (exact) mass is 1110 g/mol. The van der Waals surface area contributed by atoms with Crippen LogP contribution in [-0.2, 0) is 32.7 Å². The fourth-order valence-corrected chi connectivity index (χ4v) is 11.4. The van der Waals surface area contributed by atoms with Crippen LogP contribution in [0.1, 0.15) is 373 Å². The van der Waals surface area contributed by atoms with Crippen LogP contribution in [0.3, 0.4) is 0 Å². The smallest absolute Gasteiger partial charge is 0.462 e. The Bertz CT molecular complexity index is 1240. The molecular weight excluding hydrogens is 984 g/mol. The van der Waals surface area contributed by atoms with Gasteiger partial charge in [0, 0.05) is 12.8 Å². The van der Waals surface area contributed by atoms with Gasteiger partial charge in [-0.15, -0.1) is 0 Å². The third-order valence-electron chi connectivity index (χ3n) is 15.8. The fourth-order valence-electron chi connectivity index (χ4n) is 10.6. The number of esters is 2. The van der Waals surface area contributed by atoms with Gasteiger partial charge in [-0.3, -0.25) is 18.6 Å². The summed E-state index contributed by atoms with van der Waals surface area (Å²) in [6.07, 6.45) is 69.7. The molecule has 11 heteroatoms. The number of carbonyl (C=O) groups is 2. The average Bonchev–Trinajstić information content (AvgIpc) is 3.42. The standard InChI is InChI=1S/C66H131O10P/c1-3-5-7-9-11-13-15-17-19-21-23-25-27-29-31-33-35-37-39-41-43-45-47-49-51-53-55-57-65(69)73-61-64(62-75-77(71,72)74-60-63(68)59-67)76-66(70)58-56-54-52-50-48-46-44-42-40-38-36-34-32-30-28-26-24-22-20-18-16-14-12-10-8-6-4-2/h63-64,67-68H,3-62H2,1-2H3,(H,71,72)/t63-,64+/m0/s1. The molecule has 0 aromatic rings. The number of phosphoric acid groups is 1. The van der Waals surface area contributed by atoms with Crippen molar-refractivity contribution in [1.29, 1.82) is 0 Å². The molecule has 0 aromatic carbocycles. The van der Waals surface area contributed by atoms with E-state index in [0.29, 0.717) is 12.8 Å². The van der Waals surface area contributed by atoms with Gasteiger partial charge in [-0.1, -0.05) is 348 Å². The van der Waals surface area contributed by atoms with E-state index in [1.807, 2.05) is 0 Å². The van der Waals surface area contributed by atoms with E-state index in [0.717, 1.165) is 32.1 Å². The van der Waals surface area contributed by atoms with Crippen LogP contribution in [0.2, 0.25) is 0 Å². The number of unbranched alkanes of at least 4 members (excludes halogenated alkanes) is 52. The predicted octanol–water partition coefficient (Wildman–Crippen LogP) is 20.8. The van der Waals surface area contributed by atoms with Gasteiger partial charge in [0.15, 0.2) is 6.10 Å². The van der Waals surface area contributed by atoms with Gasteiger partial charge < -0.3 is 24.6 Å². The molecule has 0 aliphatic carbocycles. The van der Waals surface area contributed by atoms with Crippen molar-refractivity contribution < 1.29 is 47.8 Å². The summed E-state index contributed by atoms with van der Waals surface area (Å²) in [5.74, 6) is -0.894. The summed E-state index contributed by atoms with van der Waals surface area (Å²) in [6.45, 7) is 2.50. The van der Waals surface area contributed by atoms with Crippen LogP contribution in [0.4, 0.5) is 0 Å². The zero-order valence-electron chi connectivity index (χ0n) is 51.2. The Labute approximate surface area is 477 Å². The van der Waals surface area contributed by atoms with Crippen molar-refractivity contribution in [2.45, 2.75) is 386 Å². The van der Waals surface area contributed by atoms with Gasteiger partial charge in [-0.05, 0) is 12.8 Å². The van der Waals surface area contributed by atoms with Gasteiger partial charge >= 0.3 is 19.8 Å². The molecule has 0 bridgehead atoms. The highest BCUT2D eigenvalue weighted by molar-refractivity contribution is 7.47. The number of aliphatic hydroxyl groups is 2. The second kappa shape index (κ2) is 62.6. The number of aliphatic hydroxyl groups excluding tert-OH is 2. The number of carbonyl (C=O) groups excluding carboxylic acids is 2. The van der Waals surface area contributed by atoms with E-state index in [2.05, 4.69) is 13.8 Å². The molecule has 0 spiro atoms. The Morgan fingerprint density at radius 3 is 0.805 bits per heavy atom. The van der Waals surface area contributed by atoms with Crippen LogP contribution in [0.15, 0.2) is 0 Å². The highest BCUT2D eigenvalue weighted by atomic mass is 31.2. The molecule has 0 heterocycles. The zero-order valence-corrected chi connectivity index (χ0v) is 52.1. The highest BCUT2D eigenvalue weighted by Gasteiger charge is 2.27. The molecule has 10 nitrogen and oxygen atoms in total. The summed E-state index contributed by atoms with van der Waals surface area (Å²) in [7, 11) is -4.63. The van der Waals surface area contributed by atoms with E-state index in [-0.39, 0.29) is 19.4 Å². The van der Waals surface area contributed by atoms with Gasteiger partial charge in [0.1, 0.15) is 12.7 Å². The number of rotatable bonds is 66. The van der Waals surface area contributed by atoms with Crippen molar-refractivity contribution in [3.8, 4) is 0 Å². The summed E-state index contributed by atoms with van der Waals surface area (Å²) < 4.78 is 33.1. The first-order valence-corrected chi connectivity index (χ1v) is 35.5. The molecule has 0 saturated carbocycles. The van der Waals surface area contributed by atoms with E-state index in [1.165, 1.54) is 302 Å². The van der Waals surface area contributed by atoms with Crippen molar-refractivity contribution >= 4 is 19.8 Å². The maximum absolute atomic E-state index is 12.8. The lowest BCUT2D eigenvalue weighted by molar-refractivity contribution is -0.161. The minimum atomic E-state index is -4.63. The molecule has 0 rings (SSSR count). The first-order chi connectivity index (χ1) is 37.7. The van der Waals surface area contributed by atoms with Crippen molar-refractivity contribution in [3.05, 3.63) is 0 Å². The first-order valence-electron chi connectivity index (χ1n) is 34.0. The Hall–Kier alpha value is -1.03. The minimum Gasteiger partial charge on any atom is -0.462 e. The van der Waals surface area contributed by atoms with Crippen LogP contribution in [0, 0.1) is 0 Å². The number of hydrogen-bond acceptors (Lipinski definition) is 9. The molecule has 3 atom stereocenters. The molecule has 77 heavy (non-hydrogen) atoms. The minimum absolute atomic E-state index is 0.194. The largest absolute Gasteiger partial charge is 0.472 e. The quantitative estimate of drug-likeness (QED) is 0.0305. The van der Waals surface area contributed by atoms with E-state index < -0.39 is 51.8 Å². The number of hydrogen-bond donors (Lipinski definition) is 3. The van der Waals surface area contributed by atoms with E-state index >= 15 is 0 Å². The summed E-state index contributed by atoms with van der Waals surface area (Å²) in [6, 6.07) is 0. The SMILES string of the molecule is CCCCCCCCCCCCCCCCCCCCCCCCCCCCCC(=O)OC[C@H](COP(=O)(O)OC[C@@H](O)CO)OC(=O)CCCCCCCCCCCCCCCCCCCCCCCCCCCCC. The average molecular weight is 1120 g/mol. The lowest BCUT2D eigenvalue weighted by Crippen LogP contribution is -2.29. The summed E-state index contributed by atoms with van der Waals surface area (Å²) in [4.78, 5) is 35.4. The zero-order chi connectivity index (χ0) is 56.1. The second-order valence-electron chi connectivity index (χ2n) is 23.6. The summed E-state index contributed by atoms with van der Waals surface area (Å²) in [5, 5.41) is 18.5. The van der Waals surface area contributed by atoms with Crippen molar-refractivity contribution in [3.63, 3.8) is 0 Å². The van der Waals surface area contributed by atoms with Gasteiger partial charge in [0.05, 0.1) is 19.8 Å². The highest BCUT2D eigenvalue weighted by Crippen LogP contribution is 2.43. The Kier molecular flexibility index (Phi) is 61.7. The Morgan fingerprint density at radius 2 is 0.558 bits per heavy atom. The van der Waals surface area contributed by atoms with Crippen LogP contribution < -0.4 is 0 Å². The third-order valence-corrected chi connectivity index (χ3v) is 16.7. The van der Waals surface area contributed by atoms with Gasteiger partial charge in [0.2, 0.25) is 0 Å². The molecule has 0 amide bonds. The van der Waals surface area contributed by atoms with Crippen LogP contribution in [0.25, 0.3) is 0 Å². The number of ether oxygens (including phenoxy) is 2. The van der Waals surface area contributed by atoms with E-state index in [1.54, 1.807) is 0 Å². The lowest BCUT2D eigenvalue weighted by Gasteiger charge is -2.20. The molecule has 0 saturated heterocycles. The summed E-state index contributed by atoms with van der Waals surface area (Å²) in [5.41, 5.74) is 0. The number of phosphoric ester groups is 1. The van der Waals surface area contributed by atoms with Crippen molar-refractivity contribution in [1.82, 2.24) is 0 Å². The normalized spacial score (nSPS) is 13.3. The predicted molar refractivity (Wildman–Crippen MR) is 326 cm³/mol. The van der Waals surface area contributed by atoms with Crippen LogP contribution >= 0.6 is 7.82 Å². The van der Waals surface area contributed by atoms with Crippen molar-refractivity contribution in [2.24, 2.45) is 0 Å². The lowest BCUT2D eigenvalue weighted by atomic mass is 10.0. The summed E-state index contributed by atoms with van der Waals surface area (Å²) >= 11 is 0. The molecule has 0 fully saturated rings. The second-order valence-corrected chi connectivity index (χ2v) is 25.0. The Morgan fingerprint density at radius 1 is 0.338 bits per heavy atom. The maximum Gasteiger partial charge on any atom is 0.472 e. The van der Waals surface area contributed by atoms with Crippen LogP contribution in [-0.4, -0.2) is 65.7 Å². The molecule has 3 N–H and O–H groups in total. The topological polar surface area (TPSA) is 149 Å². The molecule has 0 aliphatic heterocycles. The van der Waals surface area contributed by atoms with E-state index in [4.69, 9.17) is 23.6 Å². The molecular formula is C66H131O10P. The van der Waals surface area contributed by atoms with Gasteiger partial charge in [-0.2, -0.15) is 0 Å².